The lowest BCUT2D eigenvalue weighted by molar-refractivity contribution is -0.121. The number of amides is 1. The molecule has 0 aliphatic heterocycles. The van der Waals surface area contributed by atoms with Gasteiger partial charge >= 0.3 is 0 Å². The van der Waals surface area contributed by atoms with Crippen LogP contribution in [0.4, 0.5) is 0 Å². The highest BCUT2D eigenvalue weighted by Crippen LogP contribution is 2.27. The molecule has 3 rings (SSSR count). The fourth-order valence-corrected chi connectivity index (χ4v) is 5.07. The van der Waals surface area contributed by atoms with Crippen molar-refractivity contribution in [2.24, 2.45) is 5.10 Å². The number of aryl methyl sites for hydroxylation is 1. The van der Waals surface area contributed by atoms with Crippen LogP contribution in [-0.2, 0) is 14.8 Å². The average molecular weight is 415 g/mol. The first-order chi connectivity index (χ1) is 14.0. The van der Waals surface area contributed by atoms with Crippen molar-refractivity contribution in [1.29, 1.82) is 0 Å². The topological polar surface area (TPSA) is 91.7 Å². The molecular weight excluding hydrogens is 388 g/mol. The van der Waals surface area contributed by atoms with Gasteiger partial charge in [-0.3, -0.25) is 9.78 Å². The third kappa shape index (κ3) is 5.71. The van der Waals surface area contributed by atoms with Crippen LogP contribution in [0.3, 0.4) is 0 Å². The number of sulfonamides is 1. The zero-order valence-corrected chi connectivity index (χ0v) is 17.3. The fourth-order valence-electron chi connectivity index (χ4n) is 3.43. The van der Waals surface area contributed by atoms with Gasteiger partial charge in [0.15, 0.2) is 0 Å². The molecular formula is C21H26N4O3S. The van der Waals surface area contributed by atoms with Gasteiger partial charge in [0.25, 0.3) is 5.91 Å². The molecule has 1 aromatic carbocycles. The van der Waals surface area contributed by atoms with Gasteiger partial charge in [0.1, 0.15) is 0 Å². The number of carbonyl (C=O) groups excluding carboxylic acids is 1. The first-order valence-corrected chi connectivity index (χ1v) is 11.2. The molecule has 1 aliphatic carbocycles. The second kappa shape index (κ2) is 9.76. The smallest absolute Gasteiger partial charge is 0.255 e. The number of hydrazone groups is 1. The molecule has 1 fully saturated rings. The number of hydrogen-bond acceptors (Lipinski definition) is 5. The molecule has 0 radical (unpaired) electrons. The first-order valence-electron chi connectivity index (χ1n) is 9.77. The Bertz CT molecular complexity index is 938. The van der Waals surface area contributed by atoms with Crippen LogP contribution < -0.4 is 5.43 Å². The number of nitrogens with one attached hydrogen (secondary N) is 1. The Morgan fingerprint density at radius 1 is 1.14 bits per heavy atom. The van der Waals surface area contributed by atoms with E-state index >= 15 is 0 Å². The Kier molecular flexibility index (Phi) is 7.11. The average Bonchev–Trinajstić information content (AvgIpc) is 2.73. The van der Waals surface area contributed by atoms with Crippen LogP contribution >= 0.6 is 0 Å². The van der Waals surface area contributed by atoms with Gasteiger partial charge in [-0.25, -0.2) is 13.8 Å². The Morgan fingerprint density at radius 2 is 1.79 bits per heavy atom. The van der Waals surface area contributed by atoms with E-state index in [9.17, 15) is 13.2 Å². The molecule has 1 aromatic heterocycles. The van der Waals surface area contributed by atoms with Crippen molar-refractivity contribution in [1.82, 2.24) is 14.7 Å². The highest BCUT2D eigenvalue weighted by molar-refractivity contribution is 7.89. The Labute approximate surface area is 171 Å². The van der Waals surface area contributed by atoms with Crippen LogP contribution in [0, 0.1) is 6.92 Å². The molecule has 1 N–H and O–H groups in total. The Hall–Kier alpha value is -2.58. The second-order valence-corrected chi connectivity index (χ2v) is 9.12. The number of rotatable bonds is 7. The van der Waals surface area contributed by atoms with Gasteiger partial charge in [-0.1, -0.05) is 37.0 Å². The van der Waals surface area contributed by atoms with E-state index in [1.807, 2.05) is 6.92 Å². The summed E-state index contributed by atoms with van der Waals surface area (Å²) in [4.78, 5) is 16.6. The van der Waals surface area contributed by atoms with Crippen LogP contribution in [0.15, 0.2) is 58.8 Å². The number of aromatic nitrogens is 1. The molecule has 0 saturated heterocycles. The summed E-state index contributed by atoms with van der Waals surface area (Å²) >= 11 is 0. The van der Waals surface area contributed by atoms with Gasteiger partial charge in [-0.2, -0.15) is 9.41 Å². The van der Waals surface area contributed by atoms with Crippen molar-refractivity contribution in [2.45, 2.75) is 50.0 Å². The molecule has 1 saturated carbocycles. The summed E-state index contributed by atoms with van der Waals surface area (Å²) in [5, 5.41) is 3.93. The molecule has 0 unspecified atom stereocenters. The second-order valence-electron chi connectivity index (χ2n) is 7.23. The van der Waals surface area contributed by atoms with Crippen molar-refractivity contribution in [3.05, 3.63) is 59.9 Å². The Morgan fingerprint density at radius 3 is 2.45 bits per heavy atom. The normalized spacial score (nSPS) is 15.7. The summed E-state index contributed by atoms with van der Waals surface area (Å²) in [7, 11) is -3.78. The molecule has 2 aromatic rings. The van der Waals surface area contributed by atoms with E-state index in [-0.39, 0.29) is 17.5 Å². The molecule has 7 nitrogen and oxygen atoms in total. The quantitative estimate of drug-likeness (QED) is 0.557. The highest BCUT2D eigenvalue weighted by atomic mass is 32.2. The number of hydrogen-bond donors (Lipinski definition) is 1. The minimum atomic E-state index is -3.78. The third-order valence-electron chi connectivity index (χ3n) is 5.02. The SMILES string of the molecule is Cc1ccc(S(=O)(=O)N(CC(=O)NN=Cc2ccncc2)C2CCCCC2)cc1. The first kappa shape index (κ1) is 21.1. The Balaban J connectivity index is 1.75. The minimum absolute atomic E-state index is 0.176. The molecule has 29 heavy (non-hydrogen) atoms. The lowest BCUT2D eigenvalue weighted by Gasteiger charge is -2.32. The van der Waals surface area contributed by atoms with Crippen LogP contribution in [0.5, 0.6) is 0 Å². The number of nitrogens with zero attached hydrogens (tertiary/aromatic N) is 3. The maximum absolute atomic E-state index is 13.3. The zero-order valence-electron chi connectivity index (χ0n) is 16.5. The molecule has 0 bridgehead atoms. The van der Waals surface area contributed by atoms with Crippen molar-refractivity contribution < 1.29 is 13.2 Å². The zero-order chi connectivity index (χ0) is 20.7. The van der Waals surface area contributed by atoms with Crippen molar-refractivity contribution in [3.63, 3.8) is 0 Å². The predicted molar refractivity (Wildman–Crippen MR) is 112 cm³/mol. The molecule has 0 atom stereocenters. The van der Waals surface area contributed by atoms with E-state index in [0.29, 0.717) is 0 Å². The minimum Gasteiger partial charge on any atom is -0.272 e. The fraction of sp³-hybridized carbons (Fsp3) is 0.381. The van der Waals surface area contributed by atoms with Gasteiger partial charge in [-0.05, 0) is 49.6 Å². The van der Waals surface area contributed by atoms with E-state index in [2.05, 4.69) is 15.5 Å². The summed E-state index contributed by atoms with van der Waals surface area (Å²) in [5.41, 5.74) is 4.21. The van der Waals surface area contributed by atoms with Crippen molar-refractivity contribution in [3.8, 4) is 0 Å². The largest absolute Gasteiger partial charge is 0.272 e. The standard InChI is InChI=1S/C21H26N4O3S/c1-17-7-9-20(10-8-17)29(27,28)25(19-5-3-2-4-6-19)16-21(26)24-23-15-18-11-13-22-14-12-18/h7-15,19H,2-6,16H2,1H3,(H,24,26). The molecule has 1 heterocycles. The highest BCUT2D eigenvalue weighted by Gasteiger charge is 2.33. The van der Waals surface area contributed by atoms with Crippen molar-refractivity contribution >= 4 is 22.1 Å². The molecule has 1 aliphatic rings. The molecule has 0 spiro atoms. The monoisotopic (exact) mass is 414 g/mol. The predicted octanol–water partition coefficient (Wildman–Crippen LogP) is 2.86. The van der Waals surface area contributed by atoms with Crippen LogP contribution in [0.25, 0.3) is 0 Å². The molecule has 1 amide bonds. The lowest BCUT2D eigenvalue weighted by Crippen LogP contribution is -2.46. The number of benzene rings is 1. The van der Waals surface area contributed by atoms with E-state index in [1.165, 1.54) is 10.5 Å². The maximum Gasteiger partial charge on any atom is 0.255 e. The summed E-state index contributed by atoms with van der Waals surface area (Å²) in [6, 6.07) is 10.1. The lowest BCUT2D eigenvalue weighted by atomic mass is 9.95. The van der Waals surface area contributed by atoms with Gasteiger partial charge in [0, 0.05) is 18.4 Å². The van der Waals surface area contributed by atoms with E-state index in [1.54, 1.807) is 48.8 Å². The van der Waals surface area contributed by atoms with E-state index in [0.717, 1.165) is 43.2 Å². The van der Waals surface area contributed by atoms with Crippen LogP contribution in [0.1, 0.15) is 43.2 Å². The third-order valence-corrected chi connectivity index (χ3v) is 6.93. The molecule has 154 valence electrons. The number of pyridine rings is 1. The van der Waals surface area contributed by atoms with E-state index < -0.39 is 15.9 Å². The van der Waals surface area contributed by atoms with E-state index in [4.69, 9.17) is 0 Å². The summed E-state index contributed by atoms with van der Waals surface area (Å²) < 4.78 is 27.9. The van der Waals surface area contributed by atoms with Crippen molar-refractivity contribution in [2.75, 3.05) is 6.54 Å². The summed E-state index contributed by atoms with van der Waals surface area (Å²) in [6.07, 6.45) is 9.30. The number of carbonyl (C=O) groups is 1. The molecule has 8 heteroatoms. The summed E-state index contributed by atoms with van der Waals surface area (Å²) in [5.74, 6) is -0.462. The van der Waals surface area contributed by atoms with Gasteiger partial charge < -0.3 is 0 Å². The summed E-state index contributed by atoms with van der Waals surface area (Å²) in [6.45, 7) is 1.65. The van der Waals surface area contributed by atoms with Gasteiger partial charge in [0.2, 0.25) is 10.0 Å². The van der Waals surface area contributed by atoms with Crippen LogP contribution in [0.2, 0.25) is 0 Å². The van der Waals surface area contributed by atoms with Crippen LogP contribution in [-0.4, -0.2) is 42.4 Å². The van der Waals surface area contributed by atoms with Gasteiger partial charge in [-0.15, -0.1) is 0 Å². The van der Waals surface area contributed by atoms with Gasteiger partial charge in [0.05, 0.1) is 17.7 Å². The maximum atomic E-state index is 13.3.